The van der Waals surface area contributed by atoms with Crippen LogP contribution in [0.4, 0.5) is 5.69 Å². The van der Waals surface area contributed by atoms with Crippen molar-refractivity contribution >= 4 is 39.4 Å². The summed E-state index contributed by atoms with van der Waals surface area (Å²) in [6.45, 7) is 0. The van der Waals surface area contributed by atoms with E-state index in [1.54, 1.807) is 11.3 Å². The summed E-state index contributed by atoms with van der Waals surface area (Å²) in [5, 5.41) is 4.15. The molecule has 3 aromatic rings. The van der Waals surface area contributed by atoms with Gasteiger partial charge in [0.25, 0.3) is 0 Å². The Kier molecular flexibility index (Phi) is 3.29. The number of benzene rings is 2. The minimum absolute atomic E-state index is 1.04. The van der Waals surface area contributed by atoms with Crippen molar-refractivity contribution in [3.63, 3.8) is 0 Å². The van der Waals surface area contributed by atoms with E-state index in [-0.39, 0.29) is 0 Å². The molecule has 0 aliphatic carbocycles. The van der Waals surface area contributed by atoms with E-state index in [2.05, 4.69) is 52.8 Å². The number of thiazole rings is 1. The maximum atomic E-state index is 4.58. The summed E-state index contributed by atoms with van der Waals surface area (Å²) in [6, 6.07) is 16.5. The van der Waals surface area contributed by atoms with Gasteiger partial charge >= 0.3 is 0 Å². The Labute approximate surface area is 116 Å². The van der Waals surface area contributed by atoms with Gasteiger partial charge in [0.2, 0.25) is 0 Å². The van der Waals surface area contributed by atoms with E-state index in [1.807, 2.05) is 25.2 Å². The van der Waals surface area contributed by atoms with Gasteiger partial charge in [0.05, 0.1) is 10.2 Å². The van der Waals surface area contributed by atoms with Gasteiger partial charge in [0.15, 0.2) is 0 Å². The molecule has 94 valence electrons. The Bertz CT molecular complexity index is 678. The first-order valence-electron chi connectivity index (χ1n) is 6.16. The number of nitrogens with one attached hydrogen (secondary N) is 1. The monoisotopic (exact) mass is 266 g/mol. The molecule has 0 aliphatic heterocycles. The number of fused-ring (bicyclic) bond motifs is 1. The average Bonchev–Trinajstić information content (AvgIpc) is 2.88. The Morgan fingerprint density at radius 2 is 1.79 bits per heavy atom. The predicted octanol–water partition coefficient (Wildman–Crippen LogP) is 4.51. The molecule has 0 aliphatic rings. The second kappa shape index (κ2) is 5.24. The molecule has 0 unspecified atom stereocenters. The lowest BCUT2D eigenvalue weighted by atomic mass is 10.2. The van der Waals surface area contributed by atoms with Crippen LogP contribution in [-0.2, 0) is 0 Å². The van der Waals surface area contributed by atoms with Crippen molar-refractivity contribution in [1.29, 1.82) is 0 Å². The summed E-state index contributed by atoms with van der Waals surface area (Å²) >= 11 is 1.71. The van der Waals surface area contributed by atoms with Crippen molar-refractivity contribution in [1.82, 2.24) is 4.98 Å². The number of nitrogens with zero attached hydrogens (tertiary/aromatic N) is 1. The van der Waals surface area contributed by atoms with Crippen LogP contribution in [0.3, 0.4) is 0 Å². The second-order valence-electron chi connectivity index (χ2n) is 4.23. The highest BCUT2D eigenvalue weighted by atomic mass is 32.1. The lowest BCUT2D eigenvalue weighted by molar-refractivity contribution is 1.46. The topological polar surface area (TPSA) is 24.9 Å². The van der Waals surface area contributed by atoms with E-state index in [1.165, 1.54) is 10.3 Å². The number of aromatic nitrogens is 1. The molecular weight excluding hydrogens is 252 g/mol. The molecule has 3 rings (SSSR count). The molecular formula is C16H14N2S. The number of hydrogen-bond acceptors (Lipinski definition) is 3. The zero-order valence-electron chi connectivity index (χ0n) is 10.6. The van der Waals surface area contributed by atoms with E-state index in [0.29, 0.717) is 0 Å². The molecule has 2 aromatic carbocycles. The van der Waals surface area contributed by atoms with Crippen LogP contribution >= 0.6 is 11.3 Å². The molecule has 0 atom stereocenters. The minimum atomic E-state index is 1.04. The first-order chi connectivity index (χ1) is 9.35. The van der Waals surface area contributed by atoms with Gasteiger partial charge < -0.3 is 5.32 Å². The number of anilines is 1. The summed E-state index contributed by atoms with van der Waals surface area (Å²) in [5.74, 6) is 0. The molecule has 1 aromatic heterocycles. The van der Waals surface area contributed by atoms with Crippen molar-refractivity contribution < 1.29 is 0 Å². The minimum Gasteiger partial charge on any atom is -0.388 e. The van der Waals surface area contributed by atoms with Gasteiger partial charge in [-0.2, -0.15) is 0 Å². The van der Waals surface area contributed by atoms with Crippen LogP contribution in [0.15, 0.2) is 48.5 Å². The Hall–Kier alpha value is -2.13. The zero-order chi connectivity index (χ0) is 13.1. The van der Waals surface area contributed by atoms with E-state index >= 15 is 0 Å². The third-order valence-corrected chi connectivity index (χ3v) is 3.93. The van der Waals surface area contributed by atoms with E-state index in [9.17, 15) is 0 Å². The first-order valence-corrected chi connectivity index (χ1v) is 6.98. The highest BCUT2D eigenvalue weighted by Gasteiger charge is 1.99. The third-order valence-electron chi connectivity index (χ3n) is 2.93. The van der Waals surface area contributed by atoms with Crippen LogP contribution in [0.2, 0.25) is 0 Å². The number of hydrogen-bond donors (Lipinski definition) is 1. The molecule has 0 spiro atoms. The SMILES string of the molecule is CNc1ccc(/C=C/c2nc3ccccc3s2)cc1. The lowest BCUT2D eigenvalue weighted by Crippen LogP contribution is -1.86. The maximum Gasteiger partial charge on any atom is 0.117 e. The summed E-state index contributed by atoms with van der Waals surface area (Å²) in [4.78, 5) is 4.58. The summed E-state index contributed by atoms with van der Waals surface area (Å²) in [5.41, 5.74) is 3.37. The fourth-order valence-electron chi connectivity index (χ4n) is 1.89. The Morgan fingerprint density at radius 3 is 2.53 bits per heavy atom. The van der Waals surface area contributed by atoms with Crippen LogP contribution in [0.25, 0.3) is 22.4 Å². The lowest BCUT2D eigenvalue weighted by Gasteiger charge is -1.98. The molecule has 0 saturated heterocycles. The average molecular weight is 266 g/mol. The van der Waals surface area contributed by atoms with E-state index in [4.69, 9.17) is 0 Å². The molecule has 2 nitrogen and oxygen atoms in total. The molecule has 0 amide bonds. The molecule has 1 heterocycles. The molecule has 1 N–H and O–H groups in total. The third kappa shape index (κ3) is 2.66. The van der Waals surface area contributed by atoms with E-state index in [0.717, 1.165) is 16.2 Å². The van der Waals surface area contributed by atoms with Gasteiger partial charge in [0, 0.05) is 12.7 Å². The van der Waals surface area contributed by atoms with Gasteiger partial charge in [-0.1, -0.05) is 30.3 Å². The highest BCUT2D eigenvalue weighted by molar-refractivity contribution is 7.19. The number of rotatable bonds is 3. The second-order valence-corrected chi connectivity index (χ2v) is 5.29. The molecule has 0 saturated carbocycles. The van der Waals surface area contributed by atoms with Crippen molar-refractivity contribution in [2.45, 2.75) is 0 Å². The van der Waals surface area contributed by atoms with Crippen LogP contribution in [-0.4, -0.2) is 12.0 Å². The van der Waals surface area contributed by atoms with Crippen molar-refractivity contribution in [2.75, 3.05) is 12.4 Å². The van der Waals surface area contributed by atoms with Gasteiger partial charge in [-0.05, 0) is 35.9 Å². The summed E-state index contributed by atoms with van der Waals surface area (Å²) in [7, 11) is 1.92. The molecule has 0 fully saturated rings. The van der Waals surface area contributed by atoms with Crippen LogP contribution in [0, 0.1) is 0 Å². The highest BCUT2D eigenvalue weighted by Crippen LogP contribution is 2.23. The Morgan fingerprint density at radius 1 is 1.00 bits per heavy atom. The fraction of sp³-hybridized carbons (Fsp3) is 0.0625. The Balaban J connectivity index is 1.84. The normalized spacial score (nSPS) is 11.2. The van der Waals surface area contributed by atoms with Gasteiger partial charge in [-0.15, -0.1) is 11.3 Å². The maximum absolute atomic E-state index is 4.58. The van der Waals surface area contributed by atoms with Crippen LogP contribution < -0.4 is 5.32 Å². The molecule has 0 bridgehead atoms. The van der Waals surface area contributed by atoms with Gasteiger partial charge in [-0.3, -0.25) is 0 Å². The number of para-hydroxylation sites is 1. The predicted molar refractivity (Wildman–Crippen MR) is 84.5 cm³/mol. The summed E-state index contributed by atoms with van der Waals surface area (Å²) < 4.78 is 1.23. The smallest absolute Gasteiger partial charge is 0.117 e. The zero-order valence-corrected chi connectivity index (χ0v) is 11.4. The van der Waals surface area contributed by atoms with E-state index < -0.39 is 0 Å². The van der Waals surface area contributed by atoms with Gasteiger partial charge in [0.1, 0.15) is 5.01 Å². The first kappa shape index (κ1) is 11.9. The van der Waals surface area contributed by atoms with Crippen molar-refractivity contribution in [3.8, 4) is 0 Å². The van der Waals surface area contributed by atoms with Crippen LogP contribution in [0.5, 0.6) is 0 Å². The quantitative estimate of drug-likeness (QED) is 0.754. The summed E-state index contributed by atoms with van der Waals surface area (Å²) in [6.07, 6.45) is 4.16. The van der Waals surface area contributed by atoms with Crippen molar-refractivity contribution in [3.05, 3.63) is 59.1 Å². The molecule has 0 radical (unpaired) electrons. The molecule has 3 heteroatoms. The van der Waals surface area contributed by atoms with Gasteiger partial charge in [-0.25, -0.2) is 4.98 Å². The fourth-order valence-corrected chi connectivity index (χ4v) is 2.76. The standard InChI is InChI=1S/C16H14N2S/c1-17-13-9-6-12(7-10-13)8-11-16-18-14-4-2-3-5-15(14)19-16/h2-11,17H,1H3/b11-8+. The largest absolute Gasteiger partial charge is 0.388 e. The molecule has 19 heavy (non-hydrogen) atoms. The van der Waals surface area contributed by atoms with Crippen molar-refractivity contribution in [2.24, 2.45) is 0 Å². The van der Waals surface area contributed by atoms with Crippen LogP contribution in [0.1, 0.15) is 10.6 Å².